The Morgan fingerprint density at radius 1 is 1.78 bits per heavy atom. The van der Waals surface area contributed by atoms with E-state index in [1.54, 1.807) is 0 Å². The quantitative estimate of drug-likeness (QED) is 0.371. The fourth-order valence-corrected chi connectivity index (χ4v) is 3.47. The zero-order valence-corrected chi connectivity index (χ0v) is 6.53. The van der Waals surface area contributed by atoms with Crippen LogP contribution in [0.5, 0.6) is 0 Å². The largest absolute Gasteiger partial charge is 0.324 e. The van der Waals surface area contributed by atoms with Gasteiger partial charge in [0.2, 0.25) is 0 Å². The van der Waals surface area contributed by atoms with Crippen molar-refractivity contribution >= 4 is 7.14 Å². The molecule has 1 rings (SSSR count). The van der Waals surface area contributed by atoms with E-state index in [9.17, 15) is 4.57 Å². The predicted molar refractivity (Wildman–Crippen MR) is 40.2 cm³/mol. The van der Waals surface area contributed by atoms with Gasteiger partial charge in [0.25, 0.3) is 0 Å². The number of rotatable bonds is 0. The van der Waals surface area contributed by atoms with Crippen molar-refractivity contribution in [3.8, 4) is 12.3 Å². The minimum Gasteiger partial charge on any atom is -0.324 e. The van der Waals surface area contributed by atoms with Gasteiger partial charge >= 0.3 is 0 Å². The van der Waals surface area contributed by atoms with Crippen LogP contribution in [0, 0.1) is 18.3 Å². The third-order valence-electron chi connectivity index (χ3n) is 1.79. The van der Waals surface area contributed by atoms with Crippen molar-refractivity contribution in [3.63, 3.8) is 0 Å². The second-order valence-electron chi connectivity index (χ2n) is 2.86. The van der Waals surface area contributed by atoms with Gasteiger partial charge in [-0.3, -0.25) is 0 Å². The number of hydrogen-bond donors (Lipinski definition) is 0. The summed E-state index contributed by atoms with van der Waals surface area (Å²) in [6, 6.07) is 0. The van der Waals surface area contributed by atoms with Crippen LogP contribution in [-0.4, -0.2) is 19.0 Å². The van der Waals surface area contributed by atoms with Gasteiger partial charge in [0, 0.05) is 18.2 Å². The predicted octanol–water partition coefficient (Wildman–Crippen LogP) is 1.63. The summed E-state index contributed by atoms with van der Waals surface area (Å²) >= 11 is 0. The van der Waals surface area contributed by atoms with Gasteiger partial charge in [0.05, 0.1) is 7.14 Å². The molecule has 0 radical (unpaired) electrons. The second-order valence-corrected chi connectivity index (χ2v) is 6.26. The molecule has 1 fully saturated rings. The van der Waals surface area contributed by atoms with Gasteiger partial charge in [-0.25, -0.2) is 0 Å². The molecule has 1 aliphatic rings. The van der Waals surface area contributed by atoms with Gasteiger partial charge in [-0.2, -0.15) is 0 Å². The summed E-state index contributed by atoms with van der Waals surface area (Å²) < 4.78 is 11.3. The van der Waals surface area contributed by atoms with Crippen LogP contribution < -0.4 is 0 Å². The molecule has 1 saturated heterocycles. The van der Waals surface area contributed by atoms with Gasteiger partial charge in [-0.05, 0) is 13.1 Å². The van der Waals surface area contributed by atoms with Gasteiger partial charge in [-0.15, -0.1) is 12.3 Å². The lowest BCUT2D eigenvalue weighted by Gasteiger charge is -1.99. The van der Waals surface area contributed by atoms with Crippen molar-refractivity contribution < 1.29 is 4.57 Å². The zero-order valence-electron chi connectivity index (χ0n) is 5.63. The normalized spacial score (nSPS) is 42.4. The van der Waals surface area contributed by atoms with Gasteiger partial charge < -0.3 is 4.57 Å². The Kier molecular flexibility index (Phi) is 1.68. The Labute approximate surface area is 56.2 Å². The molecule has 0 aromatic rings. The minimum absolute atomic E-state index is 0.306. The van der Waals surface area contributed by atoms with Crippen LogP contribution in [0.2, 0.25) is 0 Å². The van der Waals surface area contributed by atoms with Crippen molar-refractivity contribution in [2.75, 3.05) is 19.0 Å². The Morgan fingerprint density at radius 2 is 2.44 bits per heavy atom. The molecule has 0 bridgehead atoms. The van der Waals surface area contributed by atoms with Crippen LogP contribution in [0.4, 0.5) is 0 Å². The summed E-state index contributed by atoms with van der Waals surface area (Å²) in [6.45, 7) is 1.85. The molecule has 0 saturated carbocycles. The van der Waals surface area contributed by atoms with E-state index in [2.05, 4.69) is 5.92 Å². The van der Waals surface area contributed by atoms with Gasteiger partial charge in [-0.1, -0.05) is 0 Å². The highest BCUT2D eigenvalue weighted by Gasteiger charge is 2.28. The van der Waals surface area contributed by atoms with E-state index in [1.165, 1.54) is 0 Å². The topological polar surface area (TPSA) is 17.1 Å². The molecule has 2 unspecified atom stereocenters. The smallest absolute Gasteiger partial charge is 0.0860 e. The summed E-state index contributed by atoms with van der Waals surface area (Å²) in [5, 5.41) is 0. The van der Waals surface area contributed by atoms with E-state index in [-0.39, 0.29) is 0 Å². The molecule has 1 nitrogen and oxygen atoms in total. The first kappa shape index (κ1) is 6.90. The average molecular weight is 142 g/mol. The Bertz CT molecular complexity index is 190. The Morgan fingerprint density at radius 3 is 2.67 bits per heavy atom. The summed E-state index contributed by atoms with van der Waals surface area (Å²) in [5.74, 6) is 2.95. The van der Waals surface area contributed by atoms with Crippen LogP contribution in [0.25, 0.3) is 0 Å². The lowest BCUT2D eigenvalue weighted by atomic mass is 10.1. The Hall–Kier alpha value is -0.210. The maximum Gasteiger partial charge on any atom is 0.0860 e. The second kappa shape index (κ2) is 2.20. The minimum atomic E-state index is -1.76. The highest BCUT2D eigenvalue weighted by Crippen LogP contribution is 2.50. The third kappa shape index (κ3) is 1.60. The molecule has 1 aliphatic heterocycles. The lowest BCUT2D eigenvalue weighted by Crippen LogP contribution is -1.91. The first-order chi connectivity index (χ1) is 4.14. The van der Waals surface area contributed by atoms with E-state index in [0.717, 1.165) is 18.7 Å². The van der Waals surface area contributed by atoms with Crippen LogP contribution in [-0.2, 0) is 4.57 Å². The monoisotopic (exact) mass is 142 g/mol. The van der Waals surface area contributed by atoms with Gasteiger partial charge in [0.15, 0.2) is 0 Å². The van der Waals surface area contributed by atoms with Crippen LogP contribution >= 0.6 is 7.14 Å². The van der Waals surface area contributed by atoms with E-state index >= 15 is 0 Å². The summed E-state index contributed by atoms with van der Waals surface area (Å²) in [6.07, 6.45) is 7.80. The lowest BCUT2D eigenvalue weighted by molar-refractivity contribution is 0.582. The van der Waals surface area contributed by atoms with Crippen molar-refractivity contribution in [1.29, 1.82) is 0 Å². The standard InChI is InChI=1S/C7H11OP/c1-3-7-4-5-9(2,8)6-7/h1,7H,4-6H2,2H3. The fourth-order valence-electron chi connectivity index (χ4n) is 1.21. The number of hydrogen-bond acceptors (Lipinski definition) is 1. The maximum atomic E-state index is 11.3. The third-order valence-corrected chi connectivity index (χ3v) is 4.21. The Balaban J connectivity index is 2.60. The molecule has 0 aromatic carbocycles. The SMILES string of the molecule is C#CC1CCP(C)(=O)C1. The molecule has 50 valence electrons. The first-order valence-corrected chi connectivity index (χ1v) is 5.68. The molecule has 2 atom stereocenters. The van der Waals surface area contributed by atoms with Crippen molar-refractivity contribution in [2.24, 2.45) is 5.92 Å². The molecule has 2 heteroatoms. The summed E-state index contributed by atoms with van der Waals surface area (Å²) in [5.41, 5.74) is 0. The number of terminal acetylenes is 1. The fraction of sp³-hybridized carbons (Fsp3) is 0.714. The molecule has 0 amide bonds. The molecule has 0 N–H and O–H groups in total. The van der Waals surface area contributed by atoms with Crippen molar-refractivity contribution in [1.82, 2.24) is 0 Å². The molecule has 9 heavy (non-hydrogen) atoms. The summed E-state index contributed by atoms with van der Waals surface area (Å²) in [4.78, 5) is 0. The molecule has 0 spiro atoms. The maximum absolute atomic E-state index is 11.3. The van der Waals surface area contributed by atoms with E-state index in [4.69, 9.17) is 6.42 Å². The van der Waals surface area contributed by atoms with Crippen molar-refractivity contribution in [2.45, 2.75) is 6.42 Å². The molecule has 0 aliphatic carbocycles. The van der Waals surface area contributed by atoms with Crippen LogP contribution in [0.15, 0.2) is 0 Å². The van der Waals surface area contributed by atoms with E-state index < -0.39 is 7.14 Å². The van der Waals surface area contributed by atoms with Crippen molar-refractivity contribution in [3.05, 3.63) is 0 Å². The van der Waals surface area contributed by atoms with E-state index in [1.807, 2.05) is 6.66 Å². The van der Waals surface area contributed by atoms with Crippen LogP contribution in [0.3, 0.4) is 0 Å². The zero-order chi connectivity index (χ0) is 6.91. The molecule has 0 aromatic heterocycles. The highest BCUT2D eigenvalue weighted by molar-refractivity contribution is 7.63. The summed E-state index contributed by atoms with van der Waals surface area (Å²) in [7, 11) is -1.76. The van der Waals surface area contributed by atoms with Gasteiger partial charge in [0.1, 0.15) is 0 Å². The van der Waals surface area contributed by atoms with E-state index in [0.29, 0.717) is 5.92 Å². The van der Waals surface area contributed by atoms with Crippen LogP contribution in [0.1, 0.15) is 6.42 Å². The molecular weight excluding hydrogens is 131 g/mol. The molecular formula is C7H11OP. The highest BCUT2D eigenvalue weighted by atomic mass is 31.2. The average Bonchev–Trinajstić information content (AvgIpc) is 2.10. The first-order valence-electron chi connectivity index (χ1n) is 3.16. The molecule has 1 heterocycles.